The van der Waals surface area contributed by atoms with Crippen LogP contribution in [0.2, 0.25) is 0 Å². The molecule has 1 heterocycles. The first-order chi connectivity index (χ1) is 13.7. The van der Waals surface area contributed by atoms with Crippen LogP contribution >= 0.6 is 0 Å². The lowest BCUT2D eigenvalue weighted by atomic mass is 10.2. The summed E-state index contributed by atoms with van der Waals surface area (Å²) < 4.78 is 10.8. The van der Waals surface area contributed by atoms with Gasteiger partial charge in [0.2, 0.25) is 0 Å². The topological polar surface area (TPSA) is 87.9 Å². The van der Waals surface area contributed by atoms with Crippen LogP contribution in [0.15, 0.2) is 58.1 Å². The second kappa shape index (κ2) is 12.6. The van der Waals surface area contributed by atoms with Crippen LogP contribution in [0, 0.1) is 5.92 Å². The summed E-state index contributed by atoms with van der Waals surface area (Å²) in [6, 6.07) is 13.5. The van der Waals surface area contributed by atoms with E-state index in [0.29, 0.717) is 44.5 Å². The van der Waals surface area contributed by atoms with Crippen LogP contribution in [0.25, 0.3) is 0 Å². The number of nitrogens with zero attached hydrogens (tertiary/aromatic N) is 1. The highest BCUT2D eigenvalue weighted by Gasteiger charge is 2.07. The number of guanidine groups is 1. The summed E-state index contributed by atoms with van der Waals surface area (Å²) in [7, 11) is 0. The van der Waals surface area contributed by atoms with Crippen LogP contribution in [0.3, 0.4) is 0 Å². The van der Waals surface area contributed by atoms with Crippen LogP contribution in [0.4, 0.5) is 0 Å². The molecule has 0 aliphatic rings. The van der Waals surface area contributed by atoms with Crippen molar-refractivity contribution in [1.82, 2.24) is 16.0 Å². The number of rotatable bonds is 11. The first-order valence-electron chi connectivity index (χ1n) is 9.64. The molecule has 7 heteroatoms. The van der Waals surface area contributed by atoms with E-state index < -0.39 is 0 Å². The van der Waals surface area contributed by atoms with Gasteiger partial charge < -0.3 is 25.1 Å². The Morgan fingerprint density at radius 3 is 2.61 bits per heavy atom. The normalized spacial score (nSPS) is 12.4. The molecule has 7 nitrogen and oxygen atoms in total. The Balaban J connectivity index is 1.65. The molecule has 0 spiro atoms. The van der Waals surface area contributed by atoms with Crippen LogP contribution in [-0.2, 0) is 11.3 Å². The molecule has 0 bridgehead atoms. The maximum absolute atomic E-state index is 11.8. The van der Waals surface area contributed by atoms with E-state index in [9.17, 15) is 4.79 Å². The molecule has 1 amide bonds. The number of carbonyl (C=O) groups is 1. The minimum atomic E-state index is -0.224. The van der Waals surface area contributed by atoms with Gasteiger partial charge in [-0.2, -0.15) is 0 Å². The van der Waals surface area contributed by atoms with Gasteiger partial charge in [-0.15, -0.1) is 0 Å². The SMILES string of the molecule is CCNC(=NCC(C)COCc1ccccc1)NCCNC(=O)c1ccco1. The number of carbonyl (C=O) groups excluding carboxylic acids is 1. The van der Waals surface area contributed by atoms with Crippen LogP contribution < -0.4 is 16.0 Å². The quantitative estimate of drug-likeness (QED) is 0.314. The summed E-state index contributed by atoms with van der Waals surface area (Å²) in [4.78, 5) is 16.4. The van der Waals surface area contributed by atoms with Crippen molar-refractivity contribution in [2.24, 2.45) is 10.9 Å². The summed E-state index contributed by atoms with van der Waals surface area (Å²) >= 11 is 0. The van der Waals surface area contributed by atoms with Gasteiger partial charge in [-0.3, -0.25) is 9.79 Å². The smallest absolute Gasteiger partial charge is 0.287 e. The van der Waals surface area contributed by atoms with E-state index >= 15 is 0 Å². The Bertz CT molecular complexity index is 702. The number of amides is 1. The van der Waals surface area contributed by atoms with Crippen LogP contribution in [0.1, 0.15) is 30.0 Å². The molecule has 2 aromatic rings. The Kier molecular flexibility index (Phi) is 9.65. The Morgan fingerprint density at radius 1 is 1.11 bits per heavy atom. The molecule has 3 N–H and O–H groups in total. The number of hydrogen-bond donors (Lipinski definition) is 3. The fourth-order valence-corrected chi connectivity index (χ4v) is 2.45. The predicted octanol–water partition coefficient (Wildman–Crippen LogP) is 2.42. The molecule has 1 atom stereocenters. The van der Waals surface area contributed by atoms with Gasteiger partial charge in [0.1, 0.15) is 0 Å². The Morgan fingerprint density at radius 2 is 1.89 bits per heavy atom. The molecule has 0 fully saturated rings. The fourth-order valence-electron chi connectivity index (χ4n) is 2.45. The third kappa shape index (κ3) is 8.26. The fraction of sp³-hybridized carbons (Fsp3) is 0.429. The number of hydrogen-bond acceptors (Lipinski definition) is 4. The highest BCUT2D eigenvalue weighted by molar-refractivity contribution is 5.91. The van der Waals surface area contributed by atoms with Crippen LogP contribution in [-0.4, -0.2) is 44.7 Å². The number of furan rings is 1. The van der Waals surface area contributed by atoms with E-state index in [4.69, 9.17) is 9.15 Å². The lowest BCUT2D eigenvalue weighted by molar-refractivity contribution is 0.0926. The van der Waals surface area contributed by atoms with Gasteiger partial charge in [-0.1, -0.05) is 37.3 Å². The lowest BCUT2D eigenvalue weighted by Gasteiger charge is -2.14. The maximum atomic E-state index is 11.8. The van der Waals surface area contributed by atoms with E-state index in [1.54, 1.807) is 12.1 Å². The van der Waals surface area contributed by atoms with Crippen molar-refractivity contribution in [2.45, 2.75) is 20.5 Å². The molecule has 28 heavy (non-hydrogen) atoms. The van der Waals surface area contributed by atoms with Gasteiger partial charge >= 0.3 is 0 Å². The van der Waals surface area contributed by atoms with Gasteiger partial charge in [0.15, 0.2) is 11.7 Å². The second-order valence-corrected chi connectivity index (χ2v) is 6.49. The molecule has 2 rings (SSSR count). The summed E-state index contributed by atoms with van der Waals surface area (Å²) in [6.45, 7) is 7.85. The van der Waals surface area contributed by atoms with E-state index in [0.717, 1.165) is 12.5 Å². The van der Waals surface area contributed by atoms with Crippen molar-refractivity contribution in [3.8, 4) is 0 Å². The average molecular weight is 386 g/mol. The summed E-state index contributed by atoms with van der Waals surface area (Å²) in [5.74, 6) is 1.12. The standard InChI is InChI=1S/C21H30N4O3/c1-3-22-21(24-12-11-23-20(26)19-10-7-13-28-19)25-14-17(2)15-27-16-18-8-5-4-6-9-18/h4-10,13,17H,3,11-12,14-16H2,1-2H3,(H,23,26)(H2,22,24,25). The minimum Gasteiger partial charge on any atom is -0.459 e. The van der Waals surface area contributed by atoms with Gasteiger partial charge in [-0.25, -0.2) is 0 Å². The van der Waals surface area contributed by atoms with Crippen molar-refractivity contribution in [2.75, 3.05) is 32.8 Å². The monoisotopic (exact) mass is 386 g/mol. The molecule has 1 unspecified atom stereocenters. The predicted molar refractivity (Wildman–Crippen MR) is 110 cm³/mol. The zero-order valence-corrected chi connectivity index (χ0v) is 16.6. The van der Waals surface area contributed by atoms with Gasteiger partial charge in [0, 0.05) is 26.2 Å². The summed E-state index contributed by atoms with van der Waals surface area (Å²) in [6.07, 6.45) is 1.48. The molecule has 1 aromatic heterocycles. The second-order valence-electron chi connectivity index (χ2n) is 6.49. The molecule has 0 radical (unpaired) electrons. The molecule has 0 saturated carbocycles. The van der Waals surface area contributed by atoms with Gasteiger partial charge in [-0.05, 0) is 30.5 Å². The third-order valence-corrected chi connectivity index (χ3v) is 3.87. The Hall–Kier alpha value is -2.80. The van der Waals surface area contributed by atoms with E-state index in [1.165, 1.54) is 11.8 Å². The zero-order chi connectivity index (χ0) is 20.0. The summed E-state index contributed by atoms with van der Waals surface area (Å²) in [5.41, 5.74) is 1.17. The van der Waals surface area contributed by atoms with E-state index in [2.05, 4.69) is 40.0 Å². The number of ether oxygens (including phenoxy) is 1. The van der Waals surface area contributed by atoms with Gasteiger partial charge in [0.05, 0.1) is 19.5 Å². The lowest BCUT2D eigenvalue weighted by Crippen LogP contribution is -2.41. The molecule has 0 saturated heterocycles. The molecule has 152 valence electrons. The van der Waals surface area contributed by atoms with Crippen LogP contribution in [0.5, 0.6) is 0 Å². The molecular weight excluding hydrogens is 356 g/mol. The third-order valence-electron chi connectivity index (χ3n) is 3.87. The molecule has 1 aromatic carbocycles. The molecule has 0 aliphatic carbocycles. The largest absolute Gasteiger partial charge is 0.459 e. The highest BCUT2D eigenvalue weighted by atomic mass is 16.5. The summed E-state index contributed by atoms with van der Waals surface area (Å²) in [5, 5.41) is 9.21. The minimum absolute atomic E-state index is 0.224. The first kappa shape index (κ1) is 21.5. The van der Waals surface area contributed by atoms with E-state index in [-0.39, 0.29) is 5.91 Å². The molecule has 0 aliphatic heterocycles. The highest BCUT2D eigenvalue weighted by Crippen LogP contribution is 2.03. The van der Waals surface area contributed by atoms with E-state index in [1.807, 2.05) is 25.1 Å². The Labute approximate surface area is 166 Å². The van der Waals surface area contributed by atoms with Crippen molar-refractivity contribution in [3.63, 3.8) is 0 Å². The first-order valence-corrected chi connectivity index (χ1v) is 9.64. The number of benzene rings is 1. The average Bonchev–Trinajstić information content (AvgIpc) is 3.25. The zero-order valence-electron chi connectivity index (χ0n) is 16.6. The number of nitrogens with one attached hydrogen (secondary N) is 3. The maximum Gasteiger partial charge on any atom is 0.287 e. The van der Waals surface area contributed by atoms with Crippen molar-refractivity contribution in [3.05, 3.63) is 60.1 Å². The van der Waals surface area contributed by atoms with Gasteiger partial charge in [0.25, 0.3) is 5.91 Å². The van der Waals surface area contributed by atoms with Crippen molar-refractivity contribution >= 4 is 11.9 Å². The van der Waals surface area contributed by atoms with Crippen molar-refractivity contribution in [1.29, 1.82) is 0 Å². The number of aliphatic imine (C=N–C) groups is 1. The molecular formula is C21H30N4O3. The van der Waals surface area contributed by atoms with Crippen molar-refractivity contribution < 1.29 is 13.9 Å².